The van der Waals surface area contributed by atoms with Gasteiger partial charge in [-0.15, -0.1) is 0 Å². The van der Waals surface area contributed by atoms with Crippen LogP contribution in [-0.4, -0.2) is 22.4 Å². The molecule has 0 aliphatic rings. The van der Waals surface area contributed by atoms with Crippen molar-refractivity contribution < 1.29 is 14.8 Å². The van der Waals surface area contributed by atoms with E-state index in [1.807, 2.05) is 0 Å². The third-order valence-corrected chi connectivity index (χ3v) is 1.65. The van der Waals surface area contributed by atoms with Crippen LogP contribution in [0.2, 0.25) is 0 Å². The number of hydrogen-bond donors (Lipinski definition) is 2. The summed E-state index contributed by atoms with van der Waals surface area (Å²) >= 11 is 5.19. The number of carbonyl (C=O) groups is 1. The molecule has 0 amide bonds. The molecule has 0 radical (unpaired) electrons. The lowest BCUT2D eigenvalue weighted by atomic mass is 9.77. The first-order valence-corrected chi connectivity index (χ1v) is 3.65. The minimum atomic E-state index is -1.66. The van der Waals surface area contributed by atoms with E-state index in [-0.39, 0.29) is 11.0 Å². The van der Waals surface area contributed by atoms with E-state index in [0.29, 0.717) is 0 Å². The molecular weight excluding hydrogens is 178 g/mol. The SMILES string of the molecule is O=C(Cl)c1ccccc1B(O)O. The molecule has 0 fully saturated rings. The molecule has 5 heteroatoms. The fourth-order valence-corrected chi connectivity index (χ4v) is 1.07. The molecule has 2 N–H and O–H groups in total. The fourth-order valence-electron chi connectivity index (χ4n) is 0.901. The van der Waals surface area contributed by atoms with Crippen LogP contribution >= 0.6 is 11.6 Å². The number of rotatable bonds is 2. The molecule has 0 aliphatic heterocycles. The average molecular weight is 184 g/mol. The molecule has 1 aromatic carbocycles. The number of hydrogen-bond acceptors (Lipinski definition) is 3. The maximum Gasteiger partial charge on any atom is 0.489 e. The first kappa shape index (κ1) is 9.25. The van der Waals surface area contributed by atoms with Gasteiger partial charge in [-0.3, -0.25) is 4.79 Å². The number of halogens is 1. The molecule has 0 saturated heterocycles. The number of benzene rings is 1. The second-order valence-corrected chi connectivity index (χ2v) is 2.58. The lowest BCUT2D eigenvalue weighted by Gasteiger charge is -2.02. The van der Waals surface area contributed by atoms with E-state index >= 15 is 0 Å². The molecule has 12 heavy (non-hydrogen) atoms. The van der Waals surface area contributed by atoms with E-state index in [1.165, 1.54) is 12.1 Å². The summed E-state index contributed by atoms with van der Waals surface area (Å²) in [5.74, 6) is 0. The predicted molar refractivity (Wildman–Crippen MR) is 46.5 cm³/mol. The zero-order valence-electron chi connectivity index (χ0n) is 6.07. The molecule has 0 saturated carbocycles. The van der Waals surface area contributed by atoms with Crippen LogP contribution < -0.4 is 5.46 Å². The summed E-state index contributed by atoms with van der Waals surface area (Å²) in [5.41, 5.74) is 0.242. The second kappa shape index (κ2) is 3.71. The minimum absolute atomic E-state index is 0.120. The highest BCUT2D eigenvalue weighted by Crippen LogP contribution is 2.00. The van der Waals surface area contributed by atoms with Gasteiger partial charge in [-0.05, 0) is 17.1 Å². The van der Waals surface area contributed by atoms with E-state index in [4.69, 9.17) is 21.6 Å². The van der Waals surface area contributed by atoms with Crippen molar-refractivity contribution in [3.05, 3.63) is 29.8 Å². The van der Waals surface area contributed by atoms with Crippen molar-refractivity contribution >= 4 is 29.4 Å². The molecular formula is C7H6BClO3. The molecule has 0 aromatic heterocycles. The Hall–Kier alpha value is -0.835. The van der Waals surface area contributed by atoms with Crippen molar-refractivity contribution in [2.75, 3.05) is 0 Å². The Bertz CT molecular complexity index is 300. The fraction of sp³-hybridized carbons (Fsp3) is 0. The maximum atomic E-state index is 10.7. The smallest absolute Gasteiger partial charge is 0.423 e. The normalized spacial score (nSPS) is 9.58. The van der Waals surface area contributed by atoms with E-state index in [0.717, 1.165) is 0 Å². The average Bonchev–Trinajstić information content (AvgIpc) is 2.04. The van der Waals surface area contributed by atoms with Gasteiger partial charge >= 0.3 is 7.12 Å². The van der Waals surface area contributed by atoms with Crippen molar-refractivity contribution in [2.24, 2.45) is 0 Å². The molecule has 0 atom stereocenters. The van der Waals surface area contributed by atoms with Gasteiger partial charge in [0, 0.05) is 5.56 Å². The first-order valence-electron chi connectivity index (χ1n) is 3.28. The molecule has 62 valence electrons. The summed E-state index contributed by atoms with van der Waals surface area (Å²) in [6.07, 6.45) is 0. The molecule has 0 spiro atoms. The molecule has 0 heterocycles. The molecule has 0 aliphatic carbocycles. The minimum Gasteiger partial charge on any atom is -0.423 e. The summed E-state index contributed by atoms with van der Waals surface area (Å²) in [4.78, 5) is 10.7. The van der Waals surface area contributed by atoms with Crippen LogP contribution in [0.3, 0.4) is 0 Å². The van der Waals surface area contributed by atoms with E-state index in [1.54, 1.807) is 12.1 Å². The van der Waals surface area contributed by atoms with Crippen LogP contribution in [0.15, 0.2) is 24.3 Å². The summed E-state index contributed by atoms with van der Waals surface area (Å²) in [7, 11) is -1.66. The monoisotopic (exact) mass is 184 g/mol. The van der Waals surface area contributed by atoms with Gasteiger partial charge in [0.15, 0.2) is 0 Å². The topological polar surface area (TPSA) is 57.5 Å². The van der Waals surface area contributed by atoms with Gasteiger partial charge in [-0.2, -0.15) is 0 Å². The van der Waals surface area contributed by atoms with Gasteiger partial charge in [0.05, 0.1) is 0 Å². The standard InChI is InChI=1S/C7H6BClO3/c9-7(10)5-3-1-2-4-6(5)8(11)12/h1-4,11-12H. The summed E-state index contributed by atoms with van der Waals surface area (Å²) < 4.78 is 0. The molecule has 0 unspecified atom stereocenters. The molecule has 1 rings (SSSR count). The van der Waals surface area contributed by atoms with Crippen molar-refractivity contribution in [1.82, 2.24) is 0 Å². The Morgan fingerprint density at radius 2 is 1.92 bits per heavy atom. The zero-order chi connectivity index (χ0) is 9.14. The van der Waals surface area contributed by atoms with Crippen LogP contribution in [-0.2, 0) is 0 Å². The summed E-state index contributed by atoms with van der Waals surface area (Å²) in [6, 6.07) is 6.06. The van der Waals surface area contributed by atoms with Crippen LogP contribution in [0, 0.1) is 0 Å². The van der Waals surface area contributed by atoms with Crippen molar-refractivity contribution in [3.8, 4) is 0 Å². The molecule has 1 aromatic rings. The maximum absolute atomic E-state index is 10.7. The Morgan fingerprint density at radius 1 is 1.33 bits per heavy atom. The van der Waals surface area contributed by atoms with Crippen molar-refractivity contribution in [1.29, 1.82) is 0 Å². The van der Waals surface area contributed by atoms with Gasteiger partial charge < -0.3 is 10.0 Å². The highest BCUT2D eigenvalue weighted by molar-refractivity contribution is 6.71. The van der Waals surface area contributed by atoms with Gasteiger partial charge in [-0.1, -0.05) is 24.3 Å². The van der Waals surface area contributed by atoms with Crippen LogP contribution in [0.1, 0.15) is 10.4 Å². The largest absolute Gasteiger partial charge is 0.489 e. The second-order valence-electron chi connectivity index (χ2n) is 2.23. The van der Waals surface area contributed by atoms with E-state index in [9.17, 15) is 4.79 Å². The van der Waals surface area contributed by atoms with E-state index < -0.39 is 12.4 Å². The highest BCUT2D eigenvalue weighted by Gasteiger charge is 2.17. The van der Waals surface area contributed by atoms with Gasteiger partial charge in [0.2, 0.25) is 0 Å². The quantitative estimate of drug-likeness (QED) is 0.492. The Labute approximate surface area is 74.7 Å². The zero-order valence-corrected chi connectivity index (χ0v) is 6.82. The van der Waals surface area contributed by atoms with Crippen LogP contribution in [0.4, 0.5) is 0 Å². The van der Waals surface area contributed by atoms with Gasteiger partial charge in [0.25, 0.3) is 5.24 Å². The predicted octanol–water partition coefficient (Wildman–Crippen LogP) is -0.255. The van der Waals surface area contributed by atoms with Crippen LogP contribution in [0.5, 0.6) is 0 Å². The molecule has 0 bridgehead atoms. The Balaban J connectivity index is 3.17. The Kier molecular flexibility index (Phi) is 2.86. The Morgan fingerprint density at radius 3 is 2.33 bits per heavy atom. The van der Waals surface area contributed by atoms with Crippen molar-refractivity contribution in [2.45, 2.75) is 0 Å². The molecule has 3 nitrogen and oxygen atoms in total. The van der Waals surface area contributed by atoms with Crippen LogP contribution in [0.25, 0.3) is 0 Å². The third kappa shape index (κ3) is 1.85. The summed E-state index contributed by atoms with van der Waals surface area (Å²) in [6.45, 7) is 0. The van der Waals surface area contributed by atoms with Crippen molar-refractivity contribution in [3.63, 3.8) is 0 Å². The first-order chi connectivity index (χ1) is 5.63. The van der Waals surface area contributed by atoms with E-state index in [2.05, 4.69) is 0 Å². The lowest BCUT2D eigenvalue weighted by Crippen LogP contribution is -2.33. The summed E-state index contributed by atoms with van der Waals surface area (Å²) in [5, 5.41) is 16.9. The third-order valence-electron chi connectivity index (χ3n) is 1.45. The van der Waals surface area contributed by atoms with Gasteiger partial charge in [0.1, 0.15) is 0 Å². The number of carbonyl (C=O) groups excluding carboxylic acids is 1. The lowest BCUT2D eigenvalue weighted by molar-refractivity contribution is 0.108. The highest BCUT2D eigenvalue weighted by atomic mass is 35.5. The van der Waals surface area contributed by atoms with Gasteiger partial charge in [-0.25, -0.2) is 0 Å².